The van der Waals surface area contributed by atoms with E-state index >= 15 is 0 Å². The smallest absolute Gasteiger partial charge is 0.227 e. The van der Waals surface area contributed by atoms with Crippen LogP contribution in [-0.4, -0.2) is 11.0 Å². The van der Waals surface area contributed by atoms with E-state index < -0.39 is 5.60 Å². The number of carbonyl (C=O) groups excluding carboxylic acids is 1. The zero-order chi connectivity index (χ0) is 16.6. The van der Waals surface area contributed by atoms with E-state index in [2.05, 4.69) is 5.32 Å². The van der Waals surface area contributed by atoms with Crippen LogP contribution in [0.15, 0.2) is 42.5 Å². The molecule has 0 aliphatic heterocycles. The molecule has 3 rings (SSSR count). The predicted octanol–water partition coefficient (Wildman–Crippen LogP) is 4.07. The number of hydrogen-bond donors (Lipinski definition) is 2. The topological polar surface area (TPSA) is 49.3 Å². The van der Waals surface area contributed by atoms with Gasteiger partial charge in [0.1, 0.15) is 5.82 Å². The van der Waals surface area contributed by atoms with Crippen molar-refractivity contribution in [2.45, 2.75) is 32.3 Å². The van der Waals surface area contributed by atoms with Gasteiger partial charge in [-0.25, -0.2) is 4.39 Å². The van der Waals surface area contributed by atoms with E-state index in [0.717, 1.165) is 24.0 Å². The van der Waals surface area contributed by atoms with E-state index in [9.17, 15) is 14.3 Å². The summed E-state index contributed by atoms with van der Waals surface area (Å²) in [6.45, 7) is 3.42. The Balaban J connectivity index is 1.81. The van der Waals surface area contributed by atoms with Gasteiger partial charge >= 0.3 is 0 Å². The van der Waals surface area contributed by atoms with Gasteiger partial charge in [-0.15, -0.1) is 0 Å². The molecule has 0 spiro atoms. The lowest BCUT2D eigenvalue weighted by Gasteiger charge is -2.18. The monoisotopic (exact) mass is 313 g/mol. The fourth-order valence-corrected chi connectivity index (χ4v) is 2.47. The first kappa shape index (κ1) is 15.7. The first-order chi connectivity index (χ1) is 10.8. The third-order valence-electron chi connectivity index (χ3n) is 4.09. The molecule has 0 atom stereocenters. The molecule has 1 fully saturated rings. The summed E-state index contributed by atoms with van der Waals surface area (Å²) in [5.41, 5.74) is 1.53. The van der Waals surface area contributed by atoms with Gasteiger partial charge in [0.15, 0.2) is 0 Å². The number of nitrogens with one attached hydrogen (secondary N) is 1. The number of rotatable bonds is 4. The molecule has 1 saturated carbocycles. The normalized spacial score (nSPS) is 14.6. The van der Waals surface area contributed by atoms with Gasteiger partial charge in [0.25, 0.3) is 0 Å². The Morgan fingerprint density at radius 2 is 1.83 bits per heavy atom. The number of hydrogen-bond acceptors (Lipinski definition) is 2. The maximum Gasteiger partial charge on any atom is 0.227 e. The first-order valence-electron chi connectivity index (χ1n) is 7.78. The quantitative estimate of drug-likeness (QED) is 0.894. The third kappa shape index (κ3) is 3.59. The van der Waals surface area contributed by atoms with Crippen LogP contribution in [0.2, 0.25) is 0 Å². The highest BCUT2D eigenvalue weighted by Gasteiger charge is 2.29. The Morgan fingerprint density at radius 1 is 1.17 bits per heavy atom. The van der Waals surface area contributed by atoms with Crippen LogP contribution < -0.4 is 5.32 Å². The highest BCUT2D eigenvalue weighted by Crippen LogP contribution is 2.31. The minimum atomic E-state index is -0.923. The van der Waals surface area contributed by atoms with E-state index in [1.165, 1.54) is 6.07 Å². The molecule has 0 aromatic heterocycles. The summed E-state index contributed by atoms with van der Waals surface area (Å²) in [5.74, 6) is -0.326. The molecular formula is C19H20FNO2. The average molecular weight is 313 g/mol. The largest absolute Gasteiger partial charge is 0.386 e. The van der Waals surface area contributed by atoms with E-state index in [-0.39, 0.29) is 17.6 Å². The molecule has 1 aliphatic rings. The maximum absolute atomic E-state index is 14.3. The zero-order valence-corrected chi connectivity index (χ0v) is 13.3. The Kier molecular flexibility index (Phi) is 3.94. The Morgan fingerprint density at radius 3 is 2.35 bits per heavy atom. The average Bonchev–Trinajstić information content (AvgIpc) is 3.31. The summed E-state index contributed by atoms with van der Waals surface area (Å²) in [7, 11) is 0. The minimum absolute atomic E-state index is 0.0355. The van der Waals surface area contributed by atoms with Crippen molar-refractivity contribution >= 4 is 11.6 Å². The van der Waals surface area contributed by atoms with Crippen molar-refractivity contribution in [2.24, 2.45) is 5.92 Å². The highest BCUT2D eigenvalue weighted by atomic mass is 19.1. The Hall–Kier alpha value is -2.20. The lowest BCUT2D eigenvalue weighted by molar-refractivity contribution is -0.117. The van der Waals surface area contributed by atoms with Crippen molar-refractivity contribution in [2.75, 3.05) is 5.32 Å². The van der Waals surface area contributed by atoms with Crippen molar-refractivity contribution in [1.29, 1.82) is 0 Å². The number of carbonyl (C=O) groups is 1. The van der Waals surface area contributed by atoms with E-state index in [1.54, 1.807) is 50.2 Å². The van der Waals surface area contributed by atoms with Crippen LogP contribution in [0.3, 0.4) is 0 Å². The predicted molar refractivity (Wildman–Crippen MR) is 88.4 cm³/mol. The van der Waals surface area contributed by atoms with Crippen LogP contribution in [0.25, 0.3) is 11.1 Å². The van der Waals surface area contributed by atoms with E-state index in [0.29, 0.717) is 11.3 Å². The number of anilines is 1. The van der Waals surface area contributed by atoms with Crippen LogP contribution >= 0.6 is 0 Å². The van der Waals surface area contributed by atoms with Gasteiger partial charge in [-0.3, -0.25) is 4.79 Å². The van der Waals surface area contributed by atoms with Gasteiger partial charge in [-0.2, -0.15) is 0 Å². The molecule has 0 unspecified atom stereocenters. The summed E-state index contributed by atoms with van der Waals surface area (Å²) < 4.78 is 14.3. The first-order valence-corrected chi connectivity index (χ1v) is 7.78. The van der Waals surface area contributed by atoms with E-state index in [4.69, 9.17) is 0 Å². The summed E-state index contributed by atoms with van der Waals surface area (Å²) >= 11 is 0. The molecule has 1 amide bonds. The summed E-state index contributed by atoms with van der Waals surface area (Å²) in [6.07, 6.45) is 1.83. The number of amides is 1. The molecule has 23 heavy (non-hydrogen) atoms. The zero-order valence-electron chi connectivity index (χ0n) is 13.3. The van der Waals surface area contributed by atoms with E-state index in [1.807, 2.05) is 0 Å². The Labute approximate surface area is 135 Å². The third-order valence-corrected chi connectivity index (χ3v) is 4.09. The van der Waals surface area contributed by atoms with Gasteiger partial charge in [0, 0.05) is 17.2 Å². The molecule has 3 nitrogen and oxygen atoms in total. The second-order valence-electron chi connectivity index (χ2n) is 6.59. The fourth-order valence-electron chi connectivity index (χ4n) is 2.47. The second-order valence-corrected chi connectivity index (χ2v) is 6.59. The molecule has 2 N–H and O–H groups in total. The van der Waals surface area contributed by atoms with Crippen molar-refractivity contribution in [1.82, 2.24) is 0 Å². The van der Waals surface area contributed by atoms with Crippen molar-refractivity contribution in [3.05, 3.63) is 53.8 Å². The second kappa shape index (κ2) is 5.78. The SMILES string of the molecule is CC(C)(O)c1ccc(-c2ccc(NC(=O)C3CC3)cc2F)cc1. The number of benzene rings is 2. The van der Waals surface area contributed by atoms with Gasteiger partial charge in [0.05, 0.1) is 5.60 Å². The molecular weight excluding hydrogens is 293 g/mol. The molecule has 0 heterocycles. The van der Waals surface area contributed by atoms with Gasteiger partial charge in [0.2, 0.25) is 5.91 Å². The van der Waals surface area contributed by atoms with Crippen molar-refractivity contribution < 1.29 is 14.3 Å². The van der Waals surface area contributed by atoms with Crippen LogP contribution in [0.5, 0.6) is 0 Å². The lowest BCUT2D eigenvalue weighted by Crippen LogP contribution is -2.15. The molecule has 1 aliphatic carbocycles. The maximum atomic E-state index is 14.3. The molecule has 2 aromatic carbocycles. The standard InChI is InChI=1S/C19H20FNO2/c1-19(2,23)14-7-5-12(6-8-14)16-10-9-15(11-17(16)20)21-18(22)13-3-4-13/h5-11,13,23H,3-4H2,1-2H3,(H,21,22). The molecule has 0 radical (unpaired) electrons. The summed E-state index contributed by atoms with van der Waals surface area (Å²) in [4.78, 5) is 11.7. The minimum Gasteiger partial charge on any atom is -0.386 e. The summed E-state index contributed by atoms with van der Waals surface area (Å²) in [6, 6.07) is 11.9. The Bertz CT molecular complexity index is 728. The molecule has 0 saturated heterocycles. The van der Waals surface area contributed by atoms with Crippen LogP contribution in [-0.2, 0) is 10.4 Å². The van der Waals surface area contributed by atoms with Gasteiger partial charge in [-0.05, 0) is 56.0 Å². The number of halogens is 1. The van der Waals surface area contributed by atoms with Crippen molar-refractivity contribution in [3.63, 3.8) is 0 Å². The summed E-state index contributed by atoms with van der Waals surface area (Å²) in [5, 5.41) is 12.7. The van der Waals surface area contributed by atoms with Gasteiger partial charge in [-0.1, -0.05) is 24.3 Å². The molecule has 120 valence electrons. The van der Waals surface area contributed by atoms with Crippen LogP contribution in [0.1, 0.15) is 32.3 Å². The van der Waals surface area contributed by atoms with Crippen LogP contribution in [0, 0.1) is 11.7 Å². The highest BCUT2D eigenvalue weighted by molar-refractivity contribution is 5.94. The molecule has 0 bridgehead atoms. The molecule has 2 aromatic rings. The van der Waals surface area contributed by atoms with Crippen molar-refractivity contribution in [3.8, 4) is 11.1 Å². The lowest BCUT2D eigenvalue weighted by atomic mass is 9.95. The fraction of sp³-hybridized carbons (Fsp3) is 0.316. The molecule has 4 heteroatoms. The van der Waals surface area contributed by atoms with Gasteiger partial charge < -0.3 is 10.4 Å². The van der Waals surface area contributed by atoms with Crippen LogP contribution in [0.4, 0.5) is 10.1 Å². The number of aliphatic hydroxyl groups is 1.